The number of carbonyl (C=O) groups is 2. The first-order valence-corrected chi connectivity index (χ1v) is 9.89. The zero-order valence-corrected chi connectivity index (χ0v) is 16.3. The Kier molecular flexibility index (Phi) is 4.99. The molecule has 0 spiro atoms. The van der Waals surface area contributed by atoms with E-state index in [1.54, 1.807) is 17.0 Å². The van der Waals surface area contributed by atoms with E-state index in [0.717, 1.165) is 23.1 Å². The van der Waals surface area contributed by atoms with E-state index >= 15 is 0 Å². The molecule has 2 aliphatic rings. The summed E-state index contributed by atoms with van der Waals surface area (Å²) in [7, 11) is 0. The SMILES string of the molecule is C=CC(=O)N1CC[C@@H](Nc2ccc(C(N)=O)c3[nH]c4c(c23)CCC(C(F)(F)F)C4)C1. The number of fused-ring (bicyclic) bond motifs is 3. The highest BCUT2D eigenvalue weighted by Crippen LogP contribution is 2.42. The van der Waals surface area contributed by atoms with Gasteiger partial charge in [0.25, 0.3) is 5.91 Å². The molecule has 6 nitrogen and oxygen atoms in total. The molecule has 1 aromatic carbocycles. The van der Waals surface area contributed by atoms with E-state index in [9.17, 15) is 22.8 Å². The van der Waals surface area contributed by atoms with Gasteiger partial charge < -0.3 is 20.9 Å². The van der Waals surface area contributed by atoms with Gasteiger partial charge in [0.05, 0.1) is 17.0 Å². The first-order valence-electron chi connectivity index (χ1n) is 9.89. The predicted octanol–water partition coefficient (Wildman–Crippen LogP) is 3.13. The Morgan fingerprint density at radius 2 is 2.07 bits per heavy atom. The summed E-state index contributed by atoms with van der Waals surface area (Å²) in [5.41, 5.74) is 8.26. The quantitative estimate of drug-likeness (QED) is 0.664. The molecule has 1 saturated heterocycles. The lowest BCUT2D eigenvalue weighted by molar-refractivity contribution is -0.177. The molecule has 2 amide bonds. The summed E-state index contributed by atoms with van der Waals surface area (Å²) in [6, 6.07) is 3.32. The van der Waals surface area contributed by atoms with E-state index in [4.69, 9.17) is 5.73 Å². The van der Waals surface area contributed by atoms with Gasteiger partial charge in [0.2, 0.25) is 5.91 Å². The van der Waals surface area contributed by atoms with Crippen LogP contribution in [0.4, 0.5) is 18.9 Å². The van der Waals surface area contributed by atoms with Crippen LogP contribution >= 0.6 is 0 Å². The summed E-state index contributed by atoms with van der Waals surface area (Å²) in [6.07, 6.45) is -2.11. The van der Waals surface area contributed by atoms with Crippen LogP contribution in [0.5, 0.6) is 0 Å². The lowest BCUT2D eigenvalue weighted by atomic mass is 9.86. The molecule has 160 valence electrons. The molecule has 1 aliphatic heterocycles. The topological polar surface area (TPSA) is 91.2 Å². The maximum Gasteiger partial charge on any atom is 0.392 e. The van der Waals surface area contributed by atoms with Crippen LogP contribution in [0.25, 0.3) is 10.9 Å². The number of hydrogen-bond donors (Lipinski definition) is 3. The van der Waals surface area contributed by atoms with Crippen molar-refractivity contribution in [2.75, 3.05) is 18.4 Å². The van der Waals surface area contributed by atoms with Gasteiger partial charge in [0, 0.05) is 35.9 Å². The average molecular weight is 420 g/mol. The number of likely N-dealkylation sites (tertiary alicyclic amines) is 1. The number of halogens is 3. The average Bonchev–Trinajstić information content (AvgIpc) is 3.30. The highest BCUT2D eigenvalue weighted by Gasteiger charge is 2.42. The molecular weight excluding hydrogens is 397 g/mol. The van der Waals surface area contributed by atoms with Crippen molar-refractivity contribution < 1.29 is 22.8 Å². The number of nitrogens with zero attached hydrogens (tertiary/aromatic N) is 1. The van der Waals surface area contributed by atoms with Gasteiger partial charge in [0.1, 0.15) is 0 Å². The highest BCUT2D eigenvalue weighted by molar-refractivity contribution is 6.10. The second-order valence-electron chi connectivity index (χ2n) is 7.96. The van der Waals surface area contributed by atoms with Crippen molar-refractivity contribution in [2.24, 2.45) is 11.7 Å². The second kappa shape index (κ2) is 7.37. The van der Waals surface area contributed by atoms with Crippen LogP contribution in [0, 0.1) is 5.92 Å². The minimum atomic E-state index is -4.26. The molecular formula is C21H23F3N4O2. The van der Waals surface area contributed by atoms with E-state index in [1.807, 2.05) is 0 Å². The summed E-state index contributed by atoms with van der Waals surface area (Å²) in [5.74, 6) is -2.17. The van der Waals surface area contributed by atoms with Crippen LogP contribution in [0.15, 0.2) is 24.8 Å². The fourth-order valence-corrected chi connectivity index (χ4v) is 4.57. The van der Waals surface area contributed by atoms with Gasteiger partial charge in [-0.3, -0.25) is 9.59 Å². The van der Waals surface area contributed by atoms with Gasteiger partial charge in [-0.1, -0.05) is 6.58 Å². The van der Waals surface area contributed by atoms with Gasteiger partial charge in [-0.15, -0.1) is 0 Å². The summed E-state index contributed by atoms with van der Waals surface area (Å²) in [4.78, 5) is 28.5. The zero-order chi connectivity index (χ0) is 21.6. The van der Waals surface area contributed by atoms with Crippen molar-refractivity contribution in [1.82, 2.24) is 9.88 Å². The molecule has 0 bridgehead atoms. The zero-order valence-electron chi connectivity index (χ0n) is 16.3. The third kappa shape index (κ3) is 3.53. The standard InChI is InChI=1S/C21H23F3N4O2/c1-2-17(29)28-8-7-12(10-28)26-15-6-5-14(20(25)30)19-18(15)13-4-3-11(21(22,23)24)9-16(13)27-19/h2,5-6,11-12,26-27H,1,3-4,7-10H2,(H2,25,30)/t11?,12-/m1/s1. The molecule has 1 unspecified atom stereocenters. The summed E-state index contributed by atoms with van der Waals surface area (Å²) in [6.45, 7) is 4.61. The first kappa shape index (κ1) is 20.3. The van der Waals surface area contributed by atoms with Crippen molar-refractivity contribution in [3.63, 3.8) is 0 Å². The Bertz CT molecular complexity index is 1030. The lowest BCUT2D eigenvalue weighted by Crippen LogP contribution is -2.30. The number of rotatable bonds is 4. The smallest absolute Gasteiger partial charge is 0.380 e. The van der Waals surface area contributed by atoms with E-state index in [0.29, 0.717) is 24.3 Å². The van der Waals surface area contributed by atoms with Gasteiger partial charge in [0.15, 0.2) is 0 Å². The third-order valence-electron chi connectivity index (χ3n) is 6.10. The van der Waals surface area contributed by atoms with Crippen molar-refractivity contribution in [3.8, 4) is 0 Å². The van der Waals surface area contributed by atoms with E-state index in [-0.39, 0.29) is 36.8 Å². The number of aromatic amines is 1. The maximum atomic E-state index is 13.2. The van der Waals surface area contributed by atoms with E-state index in [2.05, 4.69) is 16.9 Å². The predicted molar refractivity (Wildman–Crippen MR) is 107 cm³/mol. The highest BCUT2D eigenvalue weighted by atomic mass is 19.4. The number of H-pyrrole nitrogens is 1. The van der Waals surface area contributed by atoms with Gasteiger partial charge in [-0.2, -0.15) is 13.2 Å². The number of aryl methyl sites for hydroxylation is 1. The molecule has 4 rings (SSSR count). The maximum absolute atomic E-state index is 13.2. The number of aromatic nitrogens is 1. The fraction of sp³-hybridized carbons (Fsp3) is 0.429. The molecule has 4 N–H and O–H groups in total. The monoisotopic (exact) mass is 420 g/mol. The number of anilines is 1. The normalized spacial score (nSPS) is 21.5. The molecule has 0 radical (unpaired) electrons. The van der Waals surface area contributed by atoms with Crippen LogP contribution in [0.2, 0.25) is 0 Å². The molecule has 1 aromatic heterocycles. The van der Waals surface area contributed by atoms with E-state index < -0.39 is 18.0 Å². The van der Waals surface area contributed by atoms with Crippen LogP contribution in [0.3, 0.4) is 0 Å². The number of primary amides is 1. The van der Waals surface area contributed by atoms with Crippen molar-refractivity contribution in [1.29, 1.82) is 0 Å². The number of nitrogens with two attached hydrogens (primary N) is 1. The Balaban J connectivity index is 1.71. The minimum absolute atomic E-state index is 0.00593. The minimum Gasteiger partial charge on any atom is -0.380 e. The van der Waals surface area contributed by atoms with Gasteiger partial charge >= 0.3 is 6.18 Å². The van der Waals surface area contributed by atoms with E-state index in [1.165, 1.54) is 6.08 Å². The third-order valence-corrected chi connectivity index (χ3v) is 6.10. The van der Waals surface area contributed by atoms with Crippen LogP contribution < -0.4 is 11.1 Å². The van der Waals surface area contributed by atoms with Crippen LogP contribution in [-0.2, 0) is 17.6 Å². The molecule has 9 heteroatoms. The molecule has 1 fully saturated rings. The summed E-state index contributed by atoms with van der Waals surface area (Å²) >= 11 is 0. The number of nitrogens with one attached hydrogen (secondary N) is 2. The number of hydrogen-bond acceptors (Lipinski definition) is 3. The summed E-state index contributed by atoms with van der Waals surface area (Å²) in [5, 5.41) is 4.13. The summed E-state index contributed by atoms with van der Waals surface area (Å²) < 4.78 is 39.7. The van der Waals surface area contributed by atoms with Crippen LogP contribution in [-0.4, -0.2) is 47.0 Å². The Morgan fingerprint density at radius 3 is 2.73 bits per heavy atom. The Labute approximate surface area is 171 Å². The lowest BCUT2D eigenvalue weighted by Gasteiger charge is -2.25. The van der Waals surface area contributed by atoms with Gasteiger partial charge in [-0.05, 0) is 49.5 Å². The second-order valence-corrected chi connectivity index (χ2v) is 7.96. The molecule has 0 saturated carbocycles. The fourth-order valence-electron chi connectivity index (χ4n) is 4.57. The van der Waals surface area contributed by atoms with Crippen LogP contribution in [0.1, 0.15) is 34.5 Å². The molecule has 2 aromatic rings. The van der Waals surface area contributed by atoms with Crippen molar-refractivity contribution >= 4 is 28.4 Å². The molecule has 30 heavy (non-hydrogen) atoms. The molecule has 2 heterocycles. The van der Waals surface area contributed by atoms with Crippen molar-refractivity contribution in [3.05, 3.63) is 41.6 Å². The largest absolute Gasteiger partial charge is 0.392 e. The molecule has 2 atom stereocenters. The number of benzene rings is 1. The van der Waals surface area contributed by atoms with Gasteiger partial charge in [-0.25, -0.2) is 0 Å². The van der Waals surface area contributed by atoms with Crippen molar-refractivity contribution in [2.45, 2.75) is 37.9 Å². The number of carbonyl (C=O) groups excluding carboxylic acids is 2. The Hall–Kier alpha value is -2.97. The number of alkyl halides is 3. The number of amides is 2. The first-order chi connectivity index (χ1) is 14.2. The molecule has 1 aliphatic carbocycles. The Morgan fingerprint density at radius 1 is 1.30 bits per heavy atom.